The summed E-state index contributed by atoms with van der Waals surface area (Å²) in [6.45, 7) is 4.37. The minimum atomic E-state index is 0.585. The van der Waals surface area contributed by atoms with Crippen molar-refractivity contribution in [3.63, 3.8) is 0 Å². The third-order valence-corrected chi connectivity index (χ3v) is 2.78. The molecule has 14 heavy (non-hydrogen) atoms. The molecule has 2 aliphatic rings. The van der Waals surface area contributed by atoms with Crippen LogP contribution >= 0.6 is 0 Å². The van der Waals surface area contributed by atoms with Crippen LogP contribution in [0.15, 0.2) is 39.9 Å². The predicted octanol–water partition coefficient (Wildman–Crippen LogP) is 3.16. The first-order chi connectivity index (χ1) is 6.70. The zero-order valence-corrected chi connectivity index (χ0v) is 9.12. The maximum absolute atomic E-state index is 4.05. The Morgan fingerprint density at radius 3 is 2.79 bits per heavy atom. The second kappa shape index (κ2) is 3.56. The molecule has 0 aromatic rings. The van der Waals surface area contributed by atoms with E-state index in [9.17, 15) is 0 Å². The summed E-state index contributed by atoms with van der Waals surface area (Å²) in [5.74, 6) is 1.26. The topological polar surface area (TPSA) is 12.4 Å². The summed E-state index contributed by atoms with van der Waals surface area (Å²) in [6.07, 6.45) is 10.1. The van der Waals surface area contributed by atoms with Gasteiger partial charge in [-0.15, -0.1) is 0 Å². The Kier molecular flexibility index (Phi) is 2.40. The molecule has 0 N–H and O–H groups in total. The maximum Gasteiger partial charge on any atom is 0.0273 e. The lowest BCUT2D eigenvalue weighted by Gasteiger charge is -2.12. The second-order valence-electron chi connectivity index (χ2n) is 4.34. The molecule has 2 unspecified atom stereocenters. The van der Waals surface area contributed by atoms with E-state index < -0.39 is 0 Å². The van der Waals surface area contributed by atoms with Crippen LogP contribution < -0.4 is 0 Å². The lowest BCUT2D eigenvalue weighted by molar-refractivity contribution is 0.767. The number of aliphatic imine (C=N–C) groups is 1. The van der Waals surface area contributed by atoms with Crippen LogP contribution in [-0.4, -0.2) is 13.3 Å². The Hall–Kier alpha value is -1.11. The molecular formula is C13H17N. The van der Waals surface area contributed by atoms with Gasteiger partial charge in [-0.05, 0) is 24.8 Å². The number of rotatable bonds is 4. The van der Waals surface area contributed by atoms with Crippen molar-refractivity contribution in [2.45, 2.75) is 20.3 Å². The van der Waals surface area contributed by atoms with Gasteiger partial charge in [-0.2, -0.15) is 0 Å². The molecular weight excluding hydrogens is 170 g/mol. The fourth-order valence-corrected chi connectivity index (χ4v) is 2.04. The molecule has 74 valence electrons. The van der Waals surface area contributed by atoms with Gasteiger partial charge < -0.3 is 4.99 Å². The van der Waals surface area contributed by atoms with Gasteiger partial charge in [-0.3, -0.25) is 0 Å². The number of hydrogen-bond acceptors (Lipinski definition) is 1. The lowest BCUT2D eigenvalue weighted by Crippen LogP contribution is -1.99. The van der Waals surface area contributed by atoms with E-state index in [0.29, 0.717) is 11.8 Å². The van der Waals surface area contributed by atoms with Crippen molar-refractivity contribution in [1.82, 2.24) is 0 Å². The normalized spacial score (nSPS) is 26.5. The molecule has 0 radical (unpaired) electrons. The Morgan fingerprint density at radius 2 is 2.21 bits per heavy atom. The van der Waals surface area contributed by atoms with Crippen molar-refractivity contribution in [3.8, 4) is 0 Å². The summed E-state index contributed by atoms with van der Waals surface area (Å²) < 4.78 is 0. The maximum atomic E-state index is 4.05. The van der Waals surface area contributed by atoms with Gasteiger partial charge >= 0.3 is 0 Å². The number of allylic oxidation sites excluding steroid dienone is 6. The number of hydrogen-bond donors (Lipinski definition) is 0. The van der Waals surface area contributed by atoms with Crippen LogP contribution in [0.25, 0.3) is 0 Å². The summed E-state index contributed by atoms with van der Waals surface area (Å²) in [7, 11) is 1.84. The molecule has 1 nitrogen and oxygen atoms in total. The molecule has 0 heterocycles. The van der Waals surface area contributed by atoms with Crippen LogP contribution in [-0.2, 0) is 0 Å². The number of nitrogens with zero attached hydrogens (tertiary/aromatic N) is 1. The fraction of sp³-hybridized carbons (Fsp3) is 0.462. The van der Waals surface area contributed by atoms with Crippen molar-refractivity contribution in [2.75, 3.05) is 7.05 Å². The van der Waals surface area contributed by atoms with E-state index in [1.165, 1.54) is 17.6 Å². The standard InChI is InChI=1S/C13H17N/c1-9-4-11(5-9)13-7-12(13)6-10(2)8-14-3/h4-5,7-8,10,13H,6H2,1-3H3/b14-8-. The van der Waals surface area contributed by atoms with Gasteiger partial charge in [0.05, 0.1) is 0 Å². The van der Waals surface area contributed by atoms with Gasteiger partial charge in [-0.25, -0.2) is 0 Å². The summed E-state index contributed by atoms with van der Waals surface area (Å²) in [5, 5.41) is 0. The molecule has 0 aromatic heterocycles. The van der Waals surface area contributed by atoms with Gasteiger partial charge in [0, 0.05) is 19.2 Å². The zero-order chi connectivity index (χ0) is 10.1. The quantitative estimate of drug-likeness (QED) is 0.473. The first-order valence-corrected chi connectivity index (χ1v) is 5.23. The van der Waals surface area contributed by atoms with Gasteiger partial charge in [0.2, 0.25) is 0 Å². The molecule has 2 aliphatic carbocycles. The predicted molar refractivity (Wildman–Crippen MR) is 61.6 cm³/mol. The second-order valence-corrected chi connectivity index (χ2v) is 4.34. The van der Waals surface area contributed by atoms with Gasteiger partial charge in [0.25, 0.3) is 0 Å². The first-order valence-electron chi connectivity index (χ1n) is 5.23. The highest BCUT2D eigenvalue weighted by atomic mass is 14.6. The lowest BCUT2D eigenvalue weighted by atomic mass is 9.92. The Morgan fingerprint density at radius 1 is 1.50 bits per heavy atom. The van der Waals surface area contributed by atoms with Gasteiger partial charge in [0.15, 0.2) is 0 Å². The molecule has 0 saturated carbocycles. The van der Waals surface area contributed by atoms with Crippen LogP contribution in [0.4, 0.5) is 0 Å². The third kappa shape index (κ3) is 1.87. The molecule has 0 aromatic carbocycles. The van der Waals surface area contributed by atoms with Crippen molar-refractivity contribution in [2.24, 2.45) is 16.8 Å². The molecule has 1 heteroatoms. The average Bonchev–Trinajstić information content (AvgIpc) is 2.78. The van der Waals surface area contributed by atoms with Crippen molar-refractivity contribution < 1.29 is 0 Å². The molecule has 0 spiro atoms. The smallest absolute Gasteiger partial charge is 0.0273 e. The van der Waals surface area contributed by atoms with E-state index >= 15 is 0 Å². The van der Waals surface area contributed by atoms with Crippen molar-refractivity contribution in [3.05, 3.63) is 34.9 Å². The van der Waals surface area contributed by atoms with Crippen LogP contribution in [0.1, 0.15) is 20.3 Å². The fourth-order valence-electron chi connectivity index (χ4n) is 2.04. The Labute approximate surface area is 85.9 Å². The van der Waals surface area contributed by atoms with Crippen molar-refractivity contribution >= 4 is 6.21 Å². The SMILES string of the molecule is C/N=C\C(C)CC1=CC1C1=CC(C)=C1. The summed E-state index contributed by atoms with van der Waals surface area (Å²) >= 11 is 0. The van der Waals surface area contributed by atoms with E-state index in [1.807, 2.05) is 13.3 Å². The highest BCUT2D eigenvalue weighted by Crippen LogP contribution is 2.43. The van der Waals surface area contributed by atoms with E-state index in [-0.39, 0.29) is 0 Å². The monoisotopic (exact) mass is 187 g/mol. The molecule has 0 aliphatic heterocycles. The van der Waals surface area contributed by atoms with Gasteiger partial charge in [-0.1, -0.05) is 36.3 Å². The van der Waals surface area contributed by atoms with Crippen LogP contribution in [0.5, 0.6) is 0 Å². The van der Waals surface area contributed by atoms with Crippen LogP contribution in [0.3, 0.4) is 0 Å². The summed E-state index contributed by atoms with van der Waals surface area (Å²) in [5.41, 5.74) is 4.49. The summed E-state index contributed by atoms with van der Waals surface area (Å²) in [6, 6.07) is 0. The van der Waals surface area contributed by atoms with E-state index in [2.05, 4.69) is 37.1 Å². The van der Waals surface area contributed by atoms with Crippen molar-refractivity contribution in [1.29, 1.82) is 0 Å². The molecule has 0 fully saturated rings. The average molecular weight is 187 g/mol. The highest BCUT2D eigenvalue weighted by molar-refractivity contribution is 5.62. The molecule has 0 saturated heterocycles. The van der Waals surface area contributed by atoms with E-state index in [1.54, 1.807) is 5.57 Å². The Bertz CT molecular complexity index is 355. The minimum Gasteiger partial charge on any atom is -0.301 e. The summed E-state index contributed by atoms with van der Waals surface area (Å²) in [4.78, 5) is 4.05. The van der Waals surface area contributed by atoms with E-state index in [0.717, 1.165) is 0 Å². The van der Waals surface area contributed by atoms with Gasteiger partial charge in [0.1, 0.15) is 0 Å². The largest absolute Gasteiger partial charge is 0.301 e. The van der Waals surface area contributed by atoms with E-state index in [4.69, 9.17) is 0 Å². The van der Waals surface area contributed by atoms with Crippen LogP contribution in [0, 0.1) is 11.8 Å². The highest BCUT2D eigenvalue weighted by Gasteiger charge is 2.29. The minimum absolute atomic E-state index is 0.585. The zero-order valence-electron chi connectivity index (χ0n) is 9.12. The molecule has 0 amide bonds. The first kappa shape index (κ1) is 9.45. The third-order valence-electron chi connectivity index (χ3n) is 2.78. The Balaban J connectivity index is 1.77. The van der Waals surface area contributed by atoms with Crippen LogP contribution in [0.2, 0.25) is 0 Å². The molecule has 0 bridgehead atoms. The molecule has 2 rings (SSSR count). The molecule has 2 atom stereocenters.